The van der Waals surface area contributed by atoms with Gasteiger partial charge in [0.15, 0.2) is 0 Å². The minimum atomic E-state index is -3.27. The van der Waals surface area contributed by atoms with Gasteiger partial charge in [-0.05, 0) is 44.4 Å². The fourth-order valence-corrected chi connectivity index (χ4v) is 4.10. The van der Waals surface area contributed by atoms with Crippen LogP contribution in [0.4, 0.5) is 0 Å². The van der Waals surface area contributed by atoms with Crippen molar-refractivity contribution >= 4 is 22.6 Å². The molecule has 0 spiro atoms. The first-order valence-corrected chi connectivity index (χ1v) is 8.28. The minimum Gasteiger partial charge on any atom is -0.328 e. The Morgan fingerprint density at radius 2 is 2.00 bits per heavy atom. The molecule has 1 aliphatic heterocycles. The minimum absolute atomic E-state index is 0. The van der Waals surface area contributed by atoms with E-state index < -0.39 is 10.2 Å². The first-order chi connectivity index (χ1) is 8.41. The molecule has 1 saturated heterocycles. The van der Waals surface area contributed by atoms with Gasteiger partial charge in [-0.2, -0.15) is 17.0 Å². The number of halogens is 1. The zero-order chi connectivity index (χ0) is 13.3. The van der Waals surface area contributed by atoms with E-state index in [1.54, 1.807) is 11.4 Å². The summed E-state index contributed by atoms with van der Waals surface area (Å²) >= 11 is 0. The Balaban J connectivity index is 0.00000180. The van der Waals surface area contributed by atoms with Crippen LogP contribution in [-0.2, 0) is 10.2 Å². The van der Waals surface area contributed by atoms with Gasteiger partial charge in [0, 0.05) is 32.7 Å². The van der Waals surface area contributed by atoms with Crippen LogP contribution in [-0.4, -0.2) is 49.8 Å². The molecule has 2 N–H and O–H groups in total. The summed E-state index contributed by atoms with van der Waals surface area (Å²) in [6.07, 6.45) is 4.30. The Labute approximate surface area is 123 Å². The maximum atomic E-state index is 12.4. The predicted octanol–water partition coefficient (Wildman–Crippen LogP) is 1.05. The van der Waals surface area contributed by atoms with E-state index >= 15 is 0 Å². The van der Waals surface area contributed by atoms with E-state index in [1.807, 2.05) is 6.92 Å². The maximum Gasteiger partial charge on any atom is 0.281 e. The summed E-state index contributed by atoms with van der Waals surface area (Å²) in [7, 11) is -1.57. The average Bonchev–Trinajstić information content (AvgIpc) is 3.13. The van der Waals surface area contributed by atoms with Crippen molar-refractivity contribution in [2.75, 3.05) is 26.7 Å². The van der Waals surface area contributed by atoms with Crippen molar-refractivity contribution in [1.29, 1.82) is 0 Å². The summed E-state index contributed by atoms with van der Waals surface area (Å²) < 4.78 is 28.0. The molecule has 2 fully saturated rings. The molecule has 7 heteroatoms. The second kappa shape index (κ2) is 6.72. The van der Waals surface area contributed by atoms with Crippen molar-refractivity contribution in [2.24, 2.45) is 17.6 Å². The van der Waals surface area contributed by atoms with Gasteiger partial charge in [0.1, 0.15) is 0 Å². The normalized spacial score (nSPS) is 27.1. The first-order valence-electron chi connectivity index (χ1n) is 6.88. The van der Waals surface area contributed by atoms with Gasteiger partial charge in [-0.25, -0.2) is 0 Å². The fraction of sp³-hybridized carbons (Fsp3) is 1.00. The van der Waals surface area contributed by atoms with Crippen LogP contribution in [0.3, 0.4) is 0 Å². The molecule has 2 rings (SSSR count). The van der Waals surface area contributed by atoms with Crippen molar-refractivity contribution in [3.05, 3.63) is 0 Å². The van der Waals surface area contributed by atoms with Crippen LogP contribution in [0.25, 0.3) is 0 Å². The third-order valence-corrected chi connectivity index (χ3v) is 6.02. The van der Waals surface area contributed by atoms with E-state index in [-0.39, 0.29) is 18.4 Å². The highest BCUT2D eigenvalue weighted by Crippen LogP contribution is 2.31. The van der Waals surface area contributed by atoms with Gasteiger partial charge in [0.05, 0.1) is 0 Å². The Morgan fingerprint density at radius 1 is 1.37 bits per heavy atom. The largest absolute Gasteiger partial charge is 0.328 e. The molecule has 19 heavy (non-hydrogen) atoms. The smallest absolute Gasteiger partial charge is 0.281 e. The van der Waals surface area contributed by atoms with Crippen LogP contribution in [0.5, 0.6) is 0 Å². The Morgan fingerprint density at radius 3 is 2.53 bits per heavy atom. The molecule has 0 amide bonds. The molecule has 0 aromatic rings. The van der Waals surface area contributed by atoms with Gasteiger partial charge in [-0.15, -0.1) is 12.4 Å². The summed E-state index contributed by atoms with van der Waals surface area (Å²) in [5, 5.41) is 0. The molecule has 2 atom stereocenters. The summed E-state index contributed by atoms with van der Waals surface area (Å²) in [4.78, 5) is 0. The zero-order valence-electron chi connectivity index (χ0n) is 11.8. The van der Waals surface area contributed by atoms with Crippen molar-refractivity contribution < 1.29 is 8.42 Å². The predicted molar refractivity (Wildman–Crippen MR) is 79.5 cm³/mol. The second-order valence-corrected chi connectivity index (χ2v) is 7.89. The quantitative estimate of drug-likeness (QED) is 0.825. The number of nitrogens with zero attached hydrogens (tertiary/aromatic N) is 2. The monoisotopic (exact) mass is 311 g/mol. The van der Waals surface area contributed by atoms with E-state index in [1.165, 1.54) is 17.1 Å². The van der Waals surface area contributed by atoms with E-state index in [9.17, 15) is 8.42 Å². The van der Waals surface area contributed by atoms with Crippen molar-refractivity contribution in [2.45, 2.75) is 38.6 Å². The Hall–Kier alpha value is 0.120. The lowest BCUT2D eigenvalue weighted by atomic mass is 9.93. The van der Waals surface area contributed by atoms with Gasteiger partial charge in [0.25, 0.3) is 10.2 Å². The third kappa shape index (κ3) is 4.29. The van der Waals surface area contributed by atoms with Gasteiger partial charge in [0.2, 0.25) is 0 Å². The molecule has 1 aliphatic carbocycles. The highest BCUT2D eigenvalue weighted by molar-refractivity contribution is 7.86. The zero-order valence-corrected chi connectivity index (χ0v) is 13.4. The summed E-state index contributed by atoms with van der Waals surface area (Å²) in [5.74, 6) is 0.877. The molecule has 1 heterocycles. The molecule has 2 unspecified atom stereocenters. The third-order valence-electron chi connectivity index (χ3n) is 4.10. The van der Waals surface area contributed by atoms with Crippen molar-refractivity contribution in [3.8, 4) is 0 Å². The van der Waals surface area contributed by atoms with E-state index in [0.717, 1.165) is 12.8 Å². The molecule has 5 nitrogen and oxygen atoms in total. The molecule has 1 saturated carbocycles. The van der Waals surface area contributed by atoms with Gasteiger partial charge in [-0.3, -0.25) is 0 Å². The average molecular weight is 312 g/mol. The van der Waals surface area contributed by atoms with Crippen LogP contribution >= 0.6 is 12.4 Å². The molecule has 0 radical (unpaired) electrons. The maximum absolute atomic E-state index is 12.4. The van der Waals surface area contributed by atoms with Gasteiger partial charge >= 0.3 is 0 Å². The van der Waals surface area contributed by atoms with Gasteiger partial charge < -0.3 is 5.73 Å². The standard InChI is InChI=1S/C12H25N3O2S.ClH/c1-10(13)12-4-3-7-15(9-12)18(16,17)14(2)8-11-5-6-11;/h10-12H,3-9,13H2,1-2H3;1H. The number of nitrogens with two attached hydrogens (primary N) is 1. The Bertz CT molecular complexity index is 384. The molecule has 0 bridgehead atoms. The molecule has 114 valence electrons. The highest BCUT2D eigenvalue weighted by Gasteiger charge is 2.35. The SMILES string of the molecule is CC(N)C1CCCN(S(=O)(=O)N(C)CC2CC2)C1.Cl. The first kappa shape index (κ1) is 17.2. The second-order valence-electron chi connectivity index (χ2n) is 5.85. The van der Waals surface area contributed by atoms with Crippen LogP contribution in [0.15, 0.2) is 0 Å². The topological polar surface area (TPSA) is 66.6 Å². The summed E-state index contributed by atoms with van der Waals surface area (Å²) in [6, 6.07) is 0.0664. The Kier molecular flexibility index (Phi) is 6.07. The van der Waals surface area contributed by atoms with Crippen LogP contribution in [0.1, 0.15) is 32.6 Å². The van der Waals surface area contributed by atoms with Gasteiger partial charge in [-0.1, -0.05) is 0 Å². The van der Waals surface area contributed by atoms with E-state index in [4.69, 9.17) is 5.73 Å². The summed E-state index contributed by atoms with van der Waals surface area (Å²) in [5.41, 5.74) is 5.90. The summed E-state index contributed by atoms with van der Waals surface area (Å²) in [6.45, 7) is 3.85. The van der Waals surface area contributed by atoms with E-state index in [0.29, 0.717) is 31.5 Å². The van der Waals surface area contributed by atoms with Crippen LogP contribution in [0.2, 0.25) is 0 Å². The number of hydrogen-bond acceptors (Lipinski definition) is 3. The number of piperidine rings is 1. The molecule has 2 aliphatic rings. The number of rotatable bonds is 5. The van der Waals surface area contributed by atoms with Crippen molar-refractivity contribution in [1.82, 2.24) is 8.61 Å². The lowest BCUT2D eigenvalue weighted by Gasteiger charge is -2.35. The molecule has 0 aromatic carbocycles. The lowest BCUT2D eigenvalue weighted by molar-refractivity contribution is 0.230. The van der Waals surface area contributed by atoms with Crippen LogP contribution in [0, 0.1) is 11.8 Å². The van der Waals surface area contributed by atoms with Crippen molar-refractivity contribution in [3.63, 3.8) is 0 Å². The lowest BCUT2D eigenvalue weighted by Crippen LogP contribution is -2.49. The van der Waals surface area contributed by atoms with Crippen LogP contribution < -0.4 is 5.73 Å². The molecular formula is C12H26ClN3O2S. The number of hydrogen-bond donors (Lipinski definition) is 1. The fourth-order valence-electron chi connectivity index (χ4n) is 2.57. The highest BCUT2D eigenvalue weighted by atomic mass is 35.5. The molecule has 0 aromatic heterocycles. The van der Waals surface area contributed by atoms with E-state index in [2.05, 4.69) is 0 Å². The molecular weight excluding hydrogens is 286 g/mol.